The summed E-state index contributed by atoms with van der Waals surface area (Å²) in [6, 6.07) is 67.8. The molecular weight excluding hydrogens is 773 g/mol. The standard InChI is InChI=1S/C57H32N4O2/c1-2-13-33(14-3-1)37-15-4-5-19-42(37)57-59-55(58-56(60-57)36-29-30-49-44(31-36)40-18-8-11-23-48(40)62-49)35-27-25-34(26-28-35)43-32-45-39-17-7-10-22-47(39)61-46-21-9-6-16-38(46)41-20-12-24-50-51(41)52(53(45)61)54(43)63-50/h1-32H. The van der Waals surface area contributed by atoms with Crippen molar-refractivity contribution in [3.8, 4) is 56.4 Å². The second kappa shape index (κ2) is 12.9. The quantitative estimate of drug-likeness (QED) is 0.173. The summed E-state index contributed by atoms with van der Waals surface area (Å²) >= 11 is 0. The molecule has 9 aromatic carbocycles. The van der Waals surface area contributed by atoms with E-state index in [1.165, 1.54) is 38.1 Å². The second-order valence-electron chi connectivity index (χ2n) is 16.3. The molecule has 0 N–H and O–H groups in total. The monoisotopic (exact) mass is 804 g/mol. The molecule has 0 atom stereocenters. The lowest BCUT2D eigenvalue weighted by atomic mass is 9.97. The summed E-state index contributed by atoms with van der Waals surface area (Å²) in [5.74, 6) is 1.77. The van der Waals surface area contributed by atoms with E-state index in [0.717, 1.165) is 82.8 Å². The number of aromatic nitrogens is 4. The first-order chi connectivity index (χ1) is 31.2. The van der Waals surface area contributed by atoms with Gasteiger partial charge in [0.05, 0.1) is 21.9 Å². The maximum absolute atomic E-state index is 6.92. The van der Waals surface area contributed by atoms with Gasteiger partial charge in [-0.05, 0) is 70.6 Å². The first kappa shape index (κ1) is 34.1. The average Bonchev–Trinajstić information content (AvgIpc) is 4.01. The van der Waals surface area contributed by atoms with E-state index < -0.39 is 0 Å². The molecule has 5 heterocycles. The van der Waals surface area contributed by atoms with E-state index in [2.05, 4.69) is 156 Å². The Bertz CT molecular complexity index is 4140. The molecular formula is C57H32N4O2. The molecule has 0 bridgehead atoms. The van der Waals surface area contributed by atoms with Gasteiger partial charge in [-0.1, -0.05) is 146 Å². The Morgan fingerprint density at radius 3 is 1.70 bits per heavy atom. The van der Waals surface area contributed by atoms with Gasteiger partial charge in [0.1, 0.15) is 22.3 Å². The topological polar surface area (TPSA) is 69.4 Å². The van der Waals surface area contributed by atoms with Crippen molar-refractivity contribution in [1.82, 2.24) is 19.4 Å². The highest BCUT2D eigenvalue weighted by molar-refractivity contribution is 6.33. The molecule has 0 aliphatic carbocycles. The largest absolute Gasteiger partial charge is 0.456 e. The predicted molar refractivity (Wildman–Crippen MR) is 256 cm³/mol. The third kappa shape index (κ3) is 4.97. The lowest BCUT2D eigenvalue weighted by molar-refractivity contribution is 0.669. The number of rotatable bonds is 5. The zero-order chi connectivity index (χ0) is 41.2. The van der Waals surface area contributed by atoms with Crippen molar-refractivity contribution in [3.05, 3.63) is 194 Å². The third-order valence-corrected chi connectivity index (χ3v) is 12.8. The Kier molecular flexibility index (Phi) is 7.02. The summed E-state index contributed by atoms with van der Waals surface area (Å²) in [7, 11) is 0. The first-order valence-electron chi connectivity index (χ1n) is 21.2. The van der Waals surface area contributed by atoms with E-state index in [9.17, 15) is 0 Å². The molecule has 63 heavy (non-hydrogen) atoms. The third-order valence-electron chi connectivity index (χ3n) is 12.8. The molecule has 0 amide bonds. The summed E-state index contributed by atoms with van der Waals surface area (Å²) < 4.78 is 15.5. The molecule has 0 aliphatic heterocycles. The number of benzene rings is 9. The van der Waals surface area contributed by atoms with E-state index >= 15 is 0 Å². The number of para-hydroxylation sites is 3. The van der Waals surface area contributed by atoms with Crippen LogP contribution in [0.25, 0.3) is 138 Å². The van der Waals surface area contributed by atoms with Gasteiger partial charge < -0.3 is 13.2 Å². The van der Waals surface area contributed by atoms with Crippen LogP contribution in [-0.2, 0) is 0 Å². The van der Waals surface area contributed by atoms with Gasteiger partial charge >= 0.3 is 0 Å². The number of fused-ring (bicyclic) bond motifs is 9. The molecule has 0 radical (unpaired) electrons. The highest BCUT2D eigenvalue weighted by atomic mass is 16.3. The fourth-order valence-corrected chi connectivity index (χ4v) is 9.98. The fraction of sp³-hybridized carbons (Fsp3) is 0. The van der Waals surface area contributed by atoms with E-state index in [1.54, 1.807) is 0 Å². The molecule has 0 saturated carbocycles. The minimum absolute atomic E-state index is 0.585. The van der Waals surface area contributed by atoms with Crippen molar-refractivity contribution in [1.29, 1.82) is 0 Å². The maximum Gasteiger partial charge on any atom is 0.164 e. The molecule has 0 spiro atoms. The molecule has 6 heteroatoms. The molecule has 0 saturated heterocycles. The predicted octanol–water partition coefficient (Wildman–Crippen LogP) is 15.2. The van der Waals surface area contributed by atoms with Gasteiger partial charge in [-0.2, -0.15) is 0 Å². The van der Waals surface area contributed by atoms with Gasteiger partial charge in [0.25, 0.3) is 0 Å². The van der Waals surface area contributed by atoms with E-state index in [4.69, 9.17) is 23.8 Å². The molecule has 14 aromatic rings. The number of hydrogen-bond acceptors (Lipinski definition) is 5. The van der Waals surface area contributed by atoms with Gasteiger partial charge in [0.15, 0.2) is 17.5 Å². The van der Waals surface area contributed by atoms with Crippen LogP contribution >= 0.6 is 0 Å². The summed E-state index contributed by atoms with van der Waals surface area (Å²) in [5.41, 5.74) is 13.9. The van der Waals surface area contributed by atoms with Gasteiger partial charge in [-0.3, -0.25) is 0 Å². The molecule has 292 valence electrons. The van der Waals surface area contributed by atoms with Gasteiger partial charge in [-0.15, -0.1) is 0 Å². The van der Waals surface area contributed by atoms with Crippen LogP contribution in [0.2, 0.25) is 0 Å². The van der Waals surface area contributed by atoms with Crippen molar-refractivity contribution in [3.63, 3.8) is 0 Å². The molecule has 14 rings (SSSR count). The Hall–Kier alpha value is -8.61. The van der Waals surface area contributed by atoms with E-state index in [-0.39, 0.29) is 0 Å². The van der Waals surface area contributed by atoms with Gasteiger partial charge in [-0.25, -0.2) is 15.0 Å². The van der Waals surface area contributed by atoms with Crippen LogP contribution in [0.15, 0.2) is 203 Å². The Labute approximate surface area is 359 Å². The number of nitrogens with zero attached hydrogens (tertiary/aromatic N) is 4. The average molecular weight is 805 g/mol. The molecule has 0 unspecified atom stereocenters. The highest BCUT2D eigenvalue weighted by Crippen LogP contribution is 2.48. The molecule has 5 aromatic heterocycles. The molecule has 0 aliphatic rings. The van der Waals surface area contributed by atoms with Crippen LogP contribution < -0.4 is 0 Å². The lowest BCUT2D eigenvalue weighted by Gasteiger charge is -2.12. The summed E-state index contributed by atoms with van der Waals surface area (Å²) in [6.07, 6.45) is 0. The van der Waals surface area contributed by atoms with Crippen LogP contribution in [0.4, 0.5) is 0 Å². The summed E-state index contributed by atoms with van der Waals surface area (Å²) in [6.45, 7) is 0. The first-order valence-corrected chi connectivity index (χ1v) is 21.2. The van der Waals surface area contributed by atoms with Crippen LogP contribution in [0, 0.1) is 0 Å². The Morgan fingerprint density at radius 2 is 0.889 bits per heavy atom. The highest BCUT2D eigenvalue weighted by Gasteiger charge is 2.25. The van der Waals surface area contributed by atoms with E-state index in [1.807, 2.05) is 42.5 Å². The summed E-state index contributed by atoms with van der Waals surface area (Å²) in [4.78, 5) is 15.6. The van der Waals surface area contributed by atoms with Gasteiger partial charge in [0.2, 0.25) is 0 Å². The van der Waals surface area contributed by atoms with Crippen molar-refractivity contribution < 1.29 is 8.83 Å². The zero-order valence-electron chi connectivity index (χ0n) is 33.6. The van der Waals surface area contributed by atoms with Crippen LogP contribution in [0.1, 0.15) is 0 Å². The lowest BCUT2D eigenvalue weighted by Crippen LogP contribution is -2.01. The van der Waals surface area contributed by atoms with Gasteiger partial charge in [0, 0.05) is 54.6 Å². The van der Waals surface area contributed by atoms with Crippen LogP contribution in [-0.4, -0.2) is 19.4 Å². The van der Waals surface area contributed by atoms with E-state index in [0.29, 0.717) is 17.5 Å². The fourth-order valence-electron chi connectivity index (χ4n) is 9.98. The van der Waals surface area contributed by atoms with Crippen molar-refractivity contribution in [2.45, 2.75) is 0 Å². The van der Waals surface area contributed by atoms with Crippen molar-refractivity contribution >= 4 is 82.0 Å². The zero-order valence-corrected chi connectivity index (χ0v) is 33.6. The Morgan fingerprint density at radius 1 is 0.317 bits per heavy atom. The maximum atomic E-state index is 6.92. The second-order valence-corrected chi connectivity index (χ2v) is 16.3. The smallest absolute Gasteiger partial charge is 0.164 e. The minimum Gasteiger partial charge on any atom is -0.456 e. The molecule has 6 nitrogen and oxygen atoms in total. The SMILES string of the molecule is c1ccc(-c2ccccc2-c2nc(-c3ccc(-c4cc5c6ccccc6n6c7ccccc7c7cccc8oc4c(c87)c56)cc3)nc(-c3ccc4oc5ccccc5c4c3)n2)cc1. The van der Waals surface area contributed by atoms with Crippen LogP contribution in [0.3, 0.4) is 0 Å². The minimum atomic E-state index is 0.585. The normalized spacial score (nSPS) is 12.1. The van der Waals surface area contributed by atoms with Crippen molar-refractivity contribution in [2.75, 3.05) is 0 Å². The molecule has 0 fully saturated rings. The number of furan rings is 2. The van der Waals surface area contributed by atoms with Crippen LogP contribution in [0.5, 0.6) is 0 Å². The number of hydrogen-bond donors (Lipinski definition) is 0. The summed E-state index contributed by atoms with van der Waals surface area (Å²) in [5, 5.41) is 9.12. The van der Waals surface area contributed by atoms with Crippen molar-refractivity contribution in [2.24, 2.45) is 0 Å². The Balaban J connectivity index is 0.979.